The number of allylic oxidation sites excluding steroid dienone is 1. The first-order chi connectivity index (χ1) is 20.3. The molecule has 8 heteroatoms. The van der Waals surface area contributed by atoms with E-state index in [1.54, 1.807) is 0 Å². The highest BCUT2D eigenvalue weighted by atomic mass is 16.5. The fourth-order valence-corrected chi connectivity index (χ4v) is 5.89. The molecule has 2 aliphatic rings. The molecular formula is C34H37N3O5. The first-order valence-corrected chi connectivity index (χ1v) is 14.3. The lowest BCUT2D eigenvalue weighted by Crippen LogP contribution is -2.60. The maximum atomic E-state index is 13.5. The molecule has 3 aromatic carbocycles. The van der Waals surface area contributed by atoms with E-state index in [9.17, 15) is 19.5 Å². The lowest BCUT2D eigenvalue weighted by Gasteiger charge is -2.29. The van der Waals surface area contributed by atoms with Crippen LogP contribution in [-0.4, -0.2) is 59.3 Å². The molecule has 1 fully saturated rings. The van der Waals surface area contributed by atoms with Crippen molar-refractivity contribution >= 4 is 18.0 Å². The van der Waals surface area contributed by atoms with E-state index in [0.717, 1.165) is 33.4 Å². The number of carbonyl (C=O) groups excluding carboxylic acids is 2. The van der Waals surface area contributed by atoms with Crippen LogP contribution in [0.3, 0.4) is 0 Å². The molecule has 3 aromatic rings. The van der Waals surface area contributed by atoms with Gasteiger partial charge in [-0.25, -0.2) is 9.59 Å². The molecule has 0 bridgehead atoms. The van der Waals surface area contributed by atoms with Gasteiger partial charge in [0, 0.05) is 25.6 Å². The summed E-state index contributed by atoms with van der Waals surface area (Å²) in [5, 5.41) is 15.7. The number of hydrogen-bond acceptors (Lipinski definition) is 5. The highest BCUT2D eigenvalue weighted by Gasteiger charge is 2.47. The van der Waals surface area contributed by atoms with Crippen LogP contribution in [0.2, 0.25) is 0 Å². The van der Waals surface area contributed by atoms with Crippen LogP contribution in [0.5, 0.6) is 0 Å². The first kappa shape index (κ1) is 29.1. The Balaban J connectivity index is 1.25. The number of ether oxygens (including phenoxy) is 1. The topological polar surface area (TPSA) is 108 Å². The Morgan fingerprint density at radius 1 is 0.976 bits per heavy atom. The molecular weight excluding hydrogens is 530 g/mol. The molecule has 218 valence electrons. The number of nitrogens with zero attached hydrogens (tertiary/aromatic N) is 1. The summed E-state index contributed by atoms with van der Waals surface area (Å²) >= 11 is 0. The molecule has 2 amide bonds. The minimum atomic E-state index is -1.45. The number of benzene rings is 3. The zero-order chi connectivity index (χ0) is 29.7. The summed E-state index contributed by atoms with van der Waals surface area (Å²) in [5.41, 5.74) is 5.04. The molecule has 0 radical (unpaired) electrons. The van der Waals surface area contributed by atoms with Crippen LogP contribution < -0.4 is 10.6 Å². The van der Waals surface area contributed by atoms with Gasteiger partial charge in [0.2, 0.25) is 5.91 Å². The van der Waals surface area contributed by atoms with Gasteiger partial charge in [-0.1, -0.05) is 90.5 Å². The van der Waals surface area contributed by atoms with Crippen LogP contribution >= 0.6 is 0 Å². The predicted molar refractivity (Wildman–Crippen MR) is 161 cm³/mol. The van der Waals surface area contributed by atoms with E-state index < -0.39 is 29.6 Å². The van der Waals surface area contributed by atoms with Crippen molar-refractivity contribution in [2.75, 3.05) is 19.7 Å². The average molecular weight is 568 g/mol. The fraction of sp³-hybridized carbons (Fsp3) is 0.324. The number of rotatable bonds is 10. The first-order valence-electron chi connectivity index (χ1n) is 14.3. The summed E-state index contributed by atoms with van der Waals surface area (Å²) in [5.74, 6) is -1.75. The monoisotopic (exact) mass is 567 g/mol. The second-order valence-electron chi connectivity index (χ2n) is 11.4. The number of amides is 2. The Kier molecular flexibility index (Phi) is 8.73. The summed E-state index contributed by atoms with van der Waals surface area (Å²) in [6.45, 7) is 5.21. The van der Waals surface area contributed by atoms with Gasteiger partial charge in [0.25, 0.3) is 0 Å². The number of hydrogen-bond donors (Lipinski definition) is 3. The van der Waals surface area contributed by atoms with Gasteiger partial charge in [-0.2, -0.15) is 0 Å². The summed E-state index contributed by atoms with van der Waals surface area (Å²) in [7, 11) is 0. The van der Waals surface area contributed by atoms with Gasteiger partial charge in [-0.3, -0.25) is 9.69 Å². The normalized spacial score (nSPS) is 18.4. The Morgan fingerprint density at radius 2 is 1.60 bits per heavy atom. The molecule has 0 saturated carbocycles. The Labute approximate surface area is 246 Å². The molecule has 2 atom stereocenters. The number of aliphatic carboxylic acids is 1. The highest BCUT2D eigenvalue weighted by molar-refractivity contribution is 5.92. The van der Waals surface area contributed by atoms with Crippen LogP contribution in [0, 0.1) is 0 Å². The minimum absolute atomic E-state index is 0.113. The van der Waals surface area contributed by atoms with E-state index in [2.05, 4.69) is 22.8 Å². The highest BCUT2D eigenvalue weighted by Crippen LogP contribution is 2.44. The number of carboxylic acid groups (broad SMARTS) is 1. The smallest absolute Gasteiger partial charge is 0.407 e. The summed E-state index contributed by atoms with van der Waals surface area (Å²) in [6.07, 6.45) is 1.60. The van der Waals surface area contributed by atoms with Crippen LogP contribution in [-0.2, 0) is 20.9 Å². The largest absolute Gasteiger partial charge is 0.479 e. The number of alkyl carbamates (subject to hydrolysis) is 1. The SMILES string of the molecule is CC(C)=CCC(NC(=O)OCC1c2ccccc2-c2ccccc21)C(=O)NC1(C(=O)O)CCN(Cc2ccccc2)C1. The van der Waals surface area contributed by atoms with Gasteiger partial charge >= 0.3 is 12.1 Å². The lowest BCUT2D eigenvalue weighted by molar-refractivity contribution is -0.147. The third kappa shape index (κ3) is 6.39. The van der Waals surface area contributed by atoms with Gasteiger partial charge in [0.15, 0.2) is 5.54 Å². The van der Waals surface area contributed by atoms with E-state index in [4.69, 9.17) is 4.74 Å². The maximum absolute atomic E-state index is 13.5. The number of fused-ring (bicyclic) bond motifs is 3. The Bertz CT molecular complexity index is 1440. The van der Waals surface area contributed by atoms with Crippen LogP contribution in [0.1, 0.15) is 49.3 Å². The van der Waals surface area contributed by atoms with E-state index in [-0.39, 0.29) is 31.9 Å². The maximum Gasteiger partial charge on any atom is 0.407 e. The average Bonchev–Trinajstić information content (AvgIpc) is 3.54. The molecule has 3 N–H and O–H groups in total. The number of carbonyl (C=O) groups is 3. The number of nitrogens with one attached hydrogen (secondary N) is 2. The van der Waals surface area contributed by atoms with Crippen molar-refractivity contribution in [1.82, 2.24) is 15.5 Å². The number of carboxylic acids is 1. The van der Waals surface area contributed by atoms with Crippen molar-refractivity contribution in [1.29, 1.82) is 0 Å². The Morgan fingerprint density at radius 3 is 2.21 bits per heavy atom. The van der Waals surface area contributed by atoms with E-state index in [0.29, 0.717) is 13.1 Å². The Hall–Kier alpha value is -4.43. The van der Waals surface area contributed by atoms with Crippen molar-refractivity contribution in [3.8, 4) is 11.1 Å². The lowest BCUT2D eigenvalue weighted by atomic mass is 9.97. The molecule has 1 saturated heterocycles. The van der Waals surface area contributed by atoms with Crippen molar-refractivity contribution in [3.05, 3.63) is 107 Å². The van der Waals surface area contributed by atoms with Crippen molar-refractivity contribution in [3.63, 3.8) is 0 Å². The molecule has 0 spiro atoms. The molecule has 0 aromatic heterocycles. The predicted octanol–water partition coefficient (Wildman–Crippen LogP) is 5.10. The zero-order valence-corrected chi connectivity index (χ0v) is 24.0. The van der Waals surface area contributed by atoms with E-state index >= 15 is 0 Å². The number of likely N-dealkylation sites (tertiary alicyclic amines) is 1. The fourth-order valence-electron chi connectivity index (χ4n) is 5.89. The van der Waals surface area contributed by atoms with Gasteiger partial charge in [0.1, 0.15) is 12.6 Å². The second kappa shape index (κ2) is 12.6. The van der Waals surface area contributed by atoms with E-state index in [1.165, 1.54) is 0 Å². The van der Waals surface area contributed by atoms with Crippen LogP contribution in [0.4, 0.5) is 4.79 Å². The van der Waals surface area contributed by atoms with Crippen LogP contribution in [0.25, 0.3) is 11.1 Å². The van der Waals surface area contributed by atoms with Gasteiger partial charge in [-0.05, 0) is 54.5 Å². The van der Waals surface area contributed by atoms with Crippen molar-refractivity contribution < 1.29 is 24.2 Å². The molecule has 1 aliphatic heterocycles. The summed E-state index contributed by atoms with van der Waals surface area (Å²) in [6, 6.07) is 25.0. The van der Waals surface area contributed by atoms with E-state index in [1.807, 2.05) is 91.6 Å². The summed E-state index contributed by atoms with van der Waals surface area (Å²) in [4.78, 5) is 41.0. The molecule has 1 heterocycles. The minimum Gasteiger partial charge on any atom is -0.479 e. The molecule has 2 unspecified atom stereocenters. The van der Waals surface area contributed by atoms with Gasteiger partial charge in [0.05, 0.1) is 0 Å². The van der Waals surface area contributed by atoms with Gasteiger partial charge in [-0.15, -0.1) is 0 Å². The summed E-state index contributed by atoms with van der Waals surface area (Å²) < 4.78 is 5.68. The van der Waals surface area contributed by atoms with Crippen LogP contribution in [0.15, 0.2) is 90.5 Å². The molecule has 42 heavy (non-hydrogen) atoms. The second-order valence-corrected chi connectivity index (χ2v) is 11.4. The molecule has 1 aliphatic carbocycles. The third-order valence-electron chi connectivity index (χ3n) is 8.08. The van der Waals surface area contributed by atoms with Crippen molar-refractivity contribution in [2.24, 2.45) is 0 Å². The zero-order valence-electron chi connectivity index (χ0n) is 24.0. The third-order valence-corrected chi connectivity index (χ3v) is 8.08. The quantitative estimate of drug-likeness (QED) is 0.295. The molecule has 8 nitrogen and oxygen atoms in total. The van der Waals surface area contributed by atoms with Crippen molar-refractivity contribution in [2.45, 2.75) is 50.7 Å². The van der Waals surface area contributed by atoms with Gasteiger partial charge < -0.3 is 20.5 Å². The molecule has 5 rings (SSSR count). The standard InChI is InChI=1S/C34H37N3O5/c1-23(2)16-17-30(31(38)36-34(32(39)40)18-19-37(22-34)20-24-10-4-3-5-11-24)35-33(41)42-21-29-27-14-8-6-12-25(27)26-13-7-9-15-28(26)29/h3-16,29-30H,17-22H2,1-2H3,(H,35,41)(H,36,38)(H,39,40).